The zero-order chi connectivity index (χ0) is 40.2. The monoisotopic (exact) mass is 781 g/mol. The third-order valence-electron chi connectivity index (χ3n) is 10.00. The molecule has 0 spiro atoms. The lowest BCUT2D eigenvalue weighted by Crippen LogP contribution is -2.59. The van der Waals surface area contributed by atoms with E-state index in [0.29, 0.717) is 12.8 Å². The Labute approximate surface area is 334 Å². The molecule has 0 bridgehead atoms. The van der Waals surface area contributed by atoms with Crippen LogP contribution < -0.4 is 0 Å². The average molecular weight is 781 g/mol. The zero-order valence-corrected chi connectivity index (χ0v) is 34.7. The van der Waals surface area contributed by atoms with E-state index in [-0.39, 0.29) is 26.1 Å². The first kappa shape index (κ1) is 50.9. The highest BCUT2D eigenvalue weighted by atomic mass is 16.7. The molecule has 0 radical (unpaired) electrons. The van der Waals surface area contributed by atoms with Crippen LogP contribution in [-0.2, 0) is 28.5 Å². The van der Waals surface area contributed by atoms with Crippen LogP contribution in [0.15, 0.2) is 36.5 Å². The zero-order valence-electron chi connectivity index (χ0n) is 34.7. The number of allylic oxidation sites excluding steroid dienone is 6. The lowest BCUT2D eigenvalue weighted by molar-refractivity contribution is -0.305. The molecule has 0 aromatic heterocycles. The van der Waals surface area contributed by atoms with Crippen LogP contribution in [0.25, 0.3) is 0 Å². The summed E-state index contributed by atoms with van der Waals surface area (Å²) < 4.78 is 22.1. The van der Waals surface area contributed by atoms with Crippen LogP contribution in [0, 0.1) is 0 Å². The molecular weight excluding hydrogens is 700 g/mol. The second-order valence-corrected chi connectivity index (χ2v) is 15.1. The summed E-state index contributed by atoms with van der Waals surface area (Å²) in [6.07, 6.45) is 33.0. The molecule has 1 aliphatic rings. The third kappa shape index (κ3) is 28.0. The largest absolute Gasteiger partial charge is 0.462 e. The SMILES string of the molecule is CCCCCC/C=C/CCCCCCCC(=O)O[C@@H](COC(=O)CCC/C=C/C/C=C/CCCCCCCCCCC)CO[C@H]1O[C@@H](CO)[C@@H](O)C(O)C1O. The van der Waals surface area contributed by atoms with Gasteiger partial charge in [-0.1, -0.05) is 140 Å². The van der Waals surface area contributed by atoms with Crippen molar-refractivity contribution in [1.29, 1.82) is 0 Å². The van der Waals surface area contributed by atoms with E-state index in [1.807, 2.05) is 0 Å². The van der Waals surface area contributed by atoms with Crippen LogP contribution >= 0.6 is 0 Å². The number of unbranched alkanes of at least 4 members (excludes halogenated alkanes) is 19. The number of carbonyl (C=O) groups is 2. The Balaban J connectivity index is 2.37. The summed E-state index contributed by atoms with van der Waals surface area (Å²) in [5.41, 5.74) is 0. The van der Waals surface area contributed by atoms with Crippen molar-refractivity contribution in [2.75, 3.05) is 19.8 Å². The van der Waals surface area contributed by atoms with Gasteiger partial charge in [-0.15, -0.1) is 0 Å². The summed E-state index contributed by atoms with van der Waals surface area (Å²) in [5, 5.41) is 40.0. The molecule has 0 aromatic rings. The van der Waals surface area contributed by atoms with Gasteiger partial charge in [-0.2, -0.15) is 0 Å². The van der Waals surface area contributed by atoms with E-state index in [1.165, 1.54) is 83.5 Å². The van der Waals surface area contributed by atoms with E-state index in [4.69, 9.17) is 18.9 Å². The fourth-order valence-corrected chi connectivity index (χ4v) is 6.46. The Morgan fingerprint density at radius 1 is 0.564 bits per heavy atom. The smallest absolute Gasteiger partial charge is 0.306 e. The van der Waals surface area contributed by atoms with Gasteiger partial charge in [0.05, 0.1) is 13.2 Å². The number of aliphatic hydroxyl groups is 4. The molecule has 55 heavy (non-hydrogen) atoms. The van der Waals surface area contributed by atoms with Crippen molar-refractivity contribution in [1.82, 2.24) is 0 Å². The number of hydrogen-bond donors (Lipinski definition) is 4. The molecular formula is C45H80O10. The molecule has 6 atom stereocenters. The lowest BCUT2D eigenvalue weighted by Gasteiger charge is -2.39. The molecule has 0 saturated carbocycles. The molecule has 0 aromatic carbocycles. The van der Waals surface area contributed by atoms with Crippen LogP contribution in [0.1, 0.15) is 181 Å². The first-order valence-corrected chi connectivity index (χ1v) is 22.1. The summed E-state index contributed by atoms with van der Waals surface area (Å²) in [4.78, 5) is 25.3. The van der Waals surface area contributed by atoms with E-state index >= 15 is 0 Å². The lowest BCUT2D eigenvalue weighted by atomic mass is 9.99. The van der Waals surface area contributed by atoms with E-state index < -0.39 is 55.4 Å². The normalized spacial score (nSPS) is 20.9. The van der Waals surface area contributed by atoms with E-state index in [0.717, 1.165) is 57.8 Å². The highest BCUT2D eigenvalue weighted by Gasteiger charge is 2.44. The Morgan fingerprint density at radius 2 is 1.04 bits per heavy atom. The molecule has 10 heteroatoms. The first-order chi connectivity index (χ1) is 26.8. The van der Waals surface area contributed by atoms with Crippen LogP contribution in [0.3, 0.4) is 0 Å². The fraction of sp³-hybridized carbons (Fsp3) is 0.822. The van der Waals surface area contributed by atoms with Gasteiger partial charge in [-0.25, -0.2) is 0 Å². The van der Waals surface area contributed by atoms with Gasteiger partial charge in [-0.05, 0) is 64.2 Å². The summed E-state index contributed by atoms with van der Waals surface area (Å²) >= 11 is 0. The second kappa shape index (κ2) is 36.3. The first-order valence-electron chi connectivity index (χ1n) is 22.1. The number of ether oxygens (including phenoxy) is 4. The van der Waals surface area contributed by atoms with E-state index in [1.54, 1.807) is 0 Å². The fourth-order valence-electron chi connectivity index (χ4n) is 6.46. The quantitative estimate of drug-likeness (QED) is 0.0275. The van der Waals surface area contributed by atoms with E-state index in [2.05, 4.69) is 50.3 Å². The molecule has 4 N–H and O–H groups in total. The average Bonchev–Trinajstić information content (AvgIpc) is 3.18. The maximum absolute atomic E-state index is 12.7. The summed E-state index contributed by atoms with van der Waals surface area (Å²) in [6.45, 7) is 3.35. The third-order valence-corrected chi connectivity index (χ3v) is 10.00. The summed E-state index contributed by atoms with van der Waals surface area (Å²) in [6, 6.07) is 0. The van der Waals surface area contributed by atoms with Crippen molar-refractivity contribution < 1.29 is 49.0 Å². The van der Waals surface area contributed by atoms with Gasteiger partial charge in [0, 0.05) is 12.8 Å². The minimum absolute atomic E-state index is 0.210. The molecule has 1 aliphatic heterocycles. The number of rotatable bonds is 36. The van der Waals surface area contributed by atoms with Gasteiger partial charge in [0.1, 0.15) is 31.0 Å². The molecule has 10 nitrogen and oxygen atoms in total. The van der Waals surface area contributed by atoms with Crippen LogP contribution in [0.4, 0.5) is 0 Å². The molecule has 320 valence electrons. The van der Waals surface area contributed by atoms with Gasteiger partial charge >= 0.3 is 11.9 Å². The maximum Gasteiger partial charge on any atom is 0.306 e. The summed E-state index contributed by atoms with van der Waals surface area (Å²) in [5.74, 6) is -0.869. The Kier molecular flexibility index (Phi) is 33.6. The summed E-state index contributed by atoms with van der Waals surface area (Å²) in [7, 11) is 0. The van der Waals surface area contributed by atoms with Crippen molar-refractivity contribution in [2.45, 2.75) is 218 Å². The Bertz CT molecular complexity index is 996. The molecule has 0 amide bonds. The molecule has 0 aliphatic carbocycles. The van der Waals surface area contributed by atoms with Gasteiger partial charge in [0.25, 0.3) is 0 Å². The number of carbonyl (C=O) groups excluding carboxylic acids is 2. The van der Waals surface area contributed by atoms with Crippen molar-refractivity contribution in [3.05, 3.63) is 36.5 Å². The van der Waals surface area contributed by atoms with Crippen molar-refractivity contribution in [3.63, 3.8) is 0 Å². The standard InChI is InChI=1S/C45H80O10/c1-3-5-7-9-11-13-15-17-18-19-20-22-23-25-27-29-31-33-40(47)52-36-38(37-53-45-44(51)43(50)42(49)39(35-46)55-45)54-41(48)34-32-30-28-26-24-21-16-14-12-10-8-6-4-2/h14,16,20,22,25,27,38-39,42-46,49-51H,3-13,15,17-19,21,23-24,26,28-37H2,1-2H3/b16-14+,22-20+,27-25+/t38-,39-,42+,43?,44?,45-/m0/s1. The van der Waals surface area contributed by atoms with Crippen molar-refractivity contribution in [3.8, 4) is 0 Å². The van der Waals surface area contributed by atoms with E-state index in [9.17, 15) is 30.0 Å². The molecule has 1 heterocycles. The Morgan fingerprint density at radius 3 is 1.60 bits per heavy atom. The van der Waals surface area contributed by atoms with Gasteiger partial charge in [-0.3, -0.25) is 9.59 Å². The van der Waals surface area contributed by atoms with Gasteiger partial charge in [0.2, 0.25) is 0 Å². The second-order valence-electron chi connectivity index (χ2n) is 15.1. The highest BCUT2D eigenvalue weighted by molar-refractivity contribution is 5.70. The van der Waals surface area contributed by atoms with Crippen LogP contribution in [-0.4, -0.2) is 89.0 Å². The Hall–Kier alpha value is -2.08. The number of aliphatic hydroxyl groups excluding tert-OH is 4. The highest BCUT2D eigenvalue weighted by Crippen LogP contribution is 2.22. The molecule has 1 saturated heterocycles. The minimum atomic E-state index is -1.60. The van der Waals surface area contributed by atoms with Crippen molar-refractivity contribution >= 4 is 11.9 Å². The molecule has 1 rings (SSSR count). The predicted molar refractivity (Wildman–Crippen MR) is 219 cm³/mol. The molecule has 1 fully saturated rings. The van der Waals surface area contributed by atoms with Crippen molar-refractivity contribution in [2.24, 2.45) is 0 Å². The number of esters is 2. The predicted octanol–water partition coefficient (Wildman–Crippen LogP) is 9.11. The van der Waals surface area contributed by atoms with Gasteiger partial charge in [0.15, 0.2) is 12.4 Å². The van der Waals surface area contributed by atoms with Crippen LogP contribution in [0.2, 0.25) is 0 Å². The minimum Gasteiger partial charge on any atom is -0.462 e. The maximum atomic E-state index is 12.7. The number of hydrogen-bond acceptors (Lipinski definition) is 10. The van der Waals surface area contributed by atoms with Crippen LogP contribution in [0.5, 0.6) is 0 Å². The molecule has 2 unspecified atom stereocenters. The van der Waals surface area contributed by atoms with Gasteiger partial charge < -0.3 is 39.4 Å². The topological polar surface area (TPSA) is 152 Å².